The number of hydrogen-bond acceptors (Lipinski definition) is 3. The van der Waals surface area contributed by atoms with Gasteiger partial charge in [0.25, 0.3) is 5.91 Å². The molecule has 1 aromatic heterocycles. The number of amides is 1. The minimum Gasteiger partial charge on any atom is -0.479 e. The third-order valence-electron chi connectivity index (χ3n) is 5.70. The van der Waals surface area contributed by atoms with Gasteiger partial charge >= 0.3 is 5.97 Å². The Bertz CT molecular complexity index is 690. The first-order valence-corrected chi connectivity index (χ1v) is 8.85. The van der Waals surface area contributed by atoms with Crippen molar-refractivity contribution in [3.63, 3.8) is 0 Å². The SMILES string of the molecule is CCOC1CC(NC(=O)c2cc(C)n(C(C)C)c2C)(C(=O)O)C1(C)C. The van der Waals surface area contributed by atoms with Crippen LogP contribution in [0.3, 0.4) is 0 Å². The average molecular weight is 350 g/mol. The molecule has 1 amide bonds. The Labute approximate surface area is 149 Å². The van der Waals surface area contributed by atoms with E-state index in [4.69, 9.17) is 4.74 Å². The topological polar surface area (TPSA) is 80.6 Å². The molecular formula is C19H30N2O4. The van der Waals surface area contributed by atoms with Crippen molar-refractivity contribution in [1.29, 1.82) is 0 Å². The van der Waals surface area contributed by atoms with Crippen LogP contribution in [0.4, 0.5) is 0 Å². The van der Waals surface area contributed by atoms with Crippen molar-refractivity contribution in [2.45, 2.75) is 72.6 Å². The van der Waals surface area contributed by atoms with Gasteiger partial charge in [-0.05, 0) is 40.7 Å². The zero-order valence-corrected chi connectivity index (χ0v) is 16.3. The van der Waals surface area contributed by atoms with E-state index >= 15 is 0 Å². The van der Waals surface area contributed by atoms with Crippen LogP contribution in [0.15, 0.2) is 6.07 Å². The third-order valence-corrected chi connectivity index (χ3v) is 5.70. The predicted octanol–water partition coefficient (Wildman–Crippen LogP) is 3.07. The Morgan fingerprint density at radius 3 is 2.40 bits per heavy atom. The molecular weight excluding hydrogens is 320 g/mol. The number of aromatic nitrogens is 1. The predicted molar refractivity (Wildman–Crippen MR) is 95.9 cm³/mol. The molecule has 2 unspecified atom stereocenters. The number of carboxylic acid groups (broad SMARTS) is 1. The average Bonchev–Trinajstić information content (AvgIpc) is 2.80. The highest BCUT2D eigenvalue weighted by Gasteiger charge is 2.66. The maximum atomic E-state index is 12.9. The molecule has 1 fully saturated rings. The van der Waals surface area contributed by atoms with E-state index < -0.39 is 16.9 Å². The minimum absolute atomic E-state index is 0.183. The fourth-order valence-corrected chi connectivity index (χ4v) is 4.10. The smallest absolute Gasteiger partial charge is 0.330 e. The number of aliphatic carboxylic acids is 1. The highest BCUT2D eigenvalue weighted by molar-refractivity contribution is 5.99. The number of carbonyl (C=O) groups excluding carboxylic acids is 1. The lowest BCUT2D eigenvalue weighted by molar-refractivity contribution is -0.190. The molecule has 25 heavy (non-hydrogen) atoms. The number of rotatable bonds is 6. The van der Waals surface area contributed by atoms with E-state index in [0.29, 0.717) is 12.2 Å². The lowest BCUT2D eigenvalue weighted by atomic mass is 9.54. The van der Waals surface area contributed by atoms with Crippen LogP contribution in [0.25, 0.3) is 0 Å². The summed E-state index contributed by atoms with van der Waals surface area (Å²) in [5.41, 5.74) is 0.367. The van der Waals surface area contributed by atoms with Gasteiger partial charge in [0.2, 0.25) is 0 Å². The van der Waals surface area contributed by atoms with Gasteiger partial charge in [-0.2, -0.15) is 0 Å². The molecule has 0 radical (unpaired) electrons. The largest absolute Gasteiger partial charge is 0.479 e. The molecule has 6 nitrogen and oxygen atoms in total. The number of ether oxygens (including phenoxy) is 1. The number of aryl methyl sites for hydroxylation is 1. The Kier molecular flexibility index (Phi) is 5.06. The zero-order chi connectivity index (χ0) is 19.2. The molecule has 0 aromatic carbocycles. The number of nitrogens with zero attached hydrogens (tertiary/aromatic N) is 1. The summed E-state index contributed by atoms with van der Waals surface area (Å²) < 4.78 is 7.73. The second kappa shape index (κ2) is 6.48. The van der Waals surface area contributed by atoms with Gasteiger partial charge in [-0.3, -0.25) is 4.79 Å². The lowest BCUT2D eigenvalue weighted by Gasteiger charge is -2.58. The summed E-state index contributed by atoms with van der Waals surface area (Å²) in [6, 6.07) is 2.06. The minimum atomic E-state index is -1.32. The van der Waals surface area contributed by atoms with E-state index in [-0.39, 0.29) is 24.5 Å². The van der Waals surface area contributed by atoms with Crippen molar-refractivity contribution >= 4 is 11.9 Å². The molecule has 1 aliphatic rings. The van der Waals surface area contributed by atoms with Gasteiger partial charge in [0, 0.05) is 35.9 Å². The Morgan fingerprint density at radius 1 is 1.40 bits per heavy atom. The molecule has 0 bridgehead atoms. The molecule has 2 atom stereocenters. The van der Waals surface area contributed by atoms with Crippen molar-refractivity contribution < 1.29 is 19.4 Å². The molecule has 6 heteroatoms. The maximum Gasteiger partial charge on any atom is 0.330 e. The first-order chi connectivity index (χ1) is 11.5. The first-order valence-electron chi connectivity index (χ1n) is 8.85. The monoisotopic (exact) mass is 350 g/mol. The summed E-state index contributed by atoms with van der Waals surface area (Å²) in [5.74, 6) is -1.36. The molecule has 140 valence electrons. The van der Waals surface area contributed by atoms with Crippen molar-refractivity contribution in [2.24, 2.45) is 5.41 Å². The fraction of sp³-hybridized carbons (Fsp3) is 0.684. The molecule has 0 spiro atoms. The number of carboxylic acids is 1. The Balaban J connectivity index is 2.33. The van der Waals surface area contributed by atoms with Crippen LogP contribution in [0.2, 0.25) is 0 Å². The first kappa shape index (κ1) is 19.5. The highest BCUT2D eigenvalue weighted by Crippen LogP contribution is 2.51. The van der Waals surface area contributed by atoms with Crippen LogP contribution in [0, 0.1) is 19.3 Å². The molecule has 0 saturated heterocycles. The fourth-order valence-electron chi connectivity index (χ4n) is 4.10. The molecule has 1 heterocycles. The van der Waals surface area contributed by atoms with Crippen molar-refractivity contribution in [2.75, 3.05) is 6.61 Å². The van der Waals surface area contributed by atoms with Gasteiger partial charge in [-0.1, -0.05) is 13.8 Å². The highest BCUT2D eigenvalue weighted by atomic mass is 16.5. The molecule has 1 aliphatic carbocycles. The molecule has 2 rings (SSSR count). The van der Waals surface area contributed by atoms with E-state index in [0.717, 1.165) is 11.4 Å². The number of carbonyl (C=O) groups is 2. The van der Waals surface area contributed by atoms with Gasteiger partial charge in [-0.25, -0.2) is 4.79 Å². The standard InChI is InChI=1S/C19H30N2O4/c1-8-25-15-10-19(17(23)24,18(15,6)7)20-16(22)14-9-12(4)21(11(2)3)13(14)5/h9,11,15H,8,10H2,1-7H3,(H,20,22)(H,23,24). The van der Waals surface area contributed by atoms with E-state index in [9.17, 15) is 14.7 Å². The Hall–Kier alpha value is -1.82. The van der Waals surface area contributed by atoms with Gasteiger partial charge in [0.15, 0.2) is 0 Å². The lowest BCUT2D eigenvalue weighted by Crippen LogP contribution is -2.76. The normalized spacial score (nSPS) is 24.9. The second-order valence-electron chi connectivity index (χ2n) is 7.78. The van der Waals surface area contributed by atoms with E-state index in [1.54, 1.807) is 0 Å². The summed E-state index contributed by atoms with van der Waals surface area (Å²) in [4.78, 5) is 24.9. The van der Waals surface area contributed by atoms with Crippen LogP contribution in [0.1, 0.15) is 68.8 Å². The summed E-state index contributed by atoms with van der Waals surface area (Å²) >= 11 is 0. The summed E-state index contributed by atoms with van der Waals surface area (Å²) in [6.07, 6.45) is 0.0923. The summed E-state index contributed by atoms with van der Waals surface area (Å²) in [5, 5.41) is 12.7. The second-order valence-corrected chi connectivity index (χ2v) is 7.78. The quantitative estimate of drug-likeness (QED) is 0.826. The Morgan fingerprint density at radius 2 is 2.00 bits per heavy atom. The maximum absolute atomic E-state index is 12.9. The molecule has 1 saturated carbocycles. The van der Waals surface area contributed by atoms with E-state index in [1.165, 1.54) is 0 Å². The molecule has 0 aliphatic heterocycles. The van der Waals surface area contributed by atoms with Gasteiger partial charge in [-0.15, -0.1) is 0 Å². The van der Waals surface area contributed by atoms with Crippen molar-refractivity contribution in [3.05, 3.63) is 23.0 Å². The molecule has 1 aromatic rings. The number of hydrogen-bond donors (Lipinski definition) is 2. The zero-order valence-electron chi connectivity index (χ0n) is 16.3. The van der Waals surface area contributed by atoms with Crippen LogP contribution in [0.5, 0.6) is 0 Å². The van der Waals surface area contributed by atoms with E-state index in [1.807, 2.05) is 40.7 Å². The van der Waals surface area contributed by atoms with Crippen LogP contribution in [-0.4, -0.2) is 39.8 Å². The van der Waals surface area contributed by atoms with E-state index in [2.05, 4.69) is 23.7 Å². The van der Waals surface area contributed by atoms with Crippen molar-refractivity contribution in [1.82, 2.24) is 9.88 Å². The van der Waals surface area contributed by atoms with Crippen LogP contribution in [-0.2, 0) is 9.53 Å². The summed E-state index contributed by atoms with van der Waals surface area (Å²) in [7, 11) is 0. The van der Waals surface area contributed by atoms with Gasteiger partial charge < -0.3 is 19.7 Å². The van der Waals surface area contributed by atoms with Crippen molar-refractivity contribution in [3.8, 4) is 0 Å². The molecule has 2 N–H and O–H groups in total. The van der Waals surface area contributed by atoms with Crippen LogP contribution < -0.4 is 5.32 Å². The van der Waals surface area contributed by atoms with Crippen LogP contribution >= 0.6 is 0 Å². The van der Waals surface area contributed by atoms with Gasteiger partial charge in [0.1, 0.15) is 5.54 Å². The summed E-state index contributed by atoms with van der Waals surface area (Å²) in [6.45, 7) is 14.0. The van der Waals surface area contributed by atoms with Gasteiger partial charge in [0.05, 0.1) is 11.7 Å². The third kappa shape index (κ3) is 2.86. The number of nitrogens with one attached hydrogen (secondary N) is 1.